The number of carbonyl (C=O) groups excluding carboxylic acids is 1. The highest BCUT2D eigenvalue weighted by atomic mass is 32.1. The van der Waals surface area contributed by atoms with Crippen LogP contribution < -0.4 is 10.6 Å². The first-order valence-corrected chi connectivity index (χ1v) is 10.2. The Bertz CT molecular complexity index is 975. The van der Waals surface area contributed by atoms with Crippen LogP contribution in [-0.4, -0.2) is 54.2 Å². The Hall–Kier alpha value is -2.71. The molecule has 0 saturated carbocycles. The number of amides is 2. The number of fused-ring (bicyclic) bond motifs is 1. The van der Waals surface area contributed by atoms with E-state index in [0.29, 0.717) is 32.1 Å². The summed E-state index contributed by atoms with van der Waals surface area (Å²) in [7, 11) is 1.65. The lowest BCUT2D eigenvalue weighted by atomic mass is 10.1. The third kappa shape index (κ3) is 3.65. The first-order valence-electron chi connectivity index (χ1n) is 9.29. The first kappa shape index (κ1) is 18.6. The van der Waals surface area contributed by atoms with Gasteiger partial charge in [0.15, 0.2) is 5.82 Å². The number of hydrogen-bond donors (Lipinski definition) is 1. The Kier molecular flexibility index (Phi) is 5.40. The van der Waals surface area contributed by atoms with Crippen molar-refractivity contribution in [2.24, 2.45) is 5.73 Å². The topological polar surface area (TPSA) is 84.6 Å². The van der Waals surface area contributed by atoms with Crippen LogP contribution in [0.4, 0.5) is 10.6 Å². The number of methoxy groups -OCH3 is 1. The van der Waals surface area contributed by atoms with Gasteiger partial charge in [-0.05, 0) is 12.0 Å². The van der Waals surface area contributed by atoms with E-state index in [1.54, 1.807) is 23.3 Å². The highest BCUT2D eigenvalue weighted by Gasteiger charge is 2.23. The number of thiophene rings is 1. The second-order valence-corrected chi connectivity index (χ2v) is 7.62. The third-order valence-electron chi connectivity index (χ3n) is 4.93. The predicted molar refractivity (Wildman–Crippen MR) is 112 cm³/mol. The van der Waals surface area contributed by atoms with E-state index in [1.165, 1.54) is 0 Å². The first-order chi connectivity index (χ1) is 13.7. The third-order valence-corrected chi connectivity index (χ3v) is 5.80. The van der Waals surface area contributed by atoms with E-state index in [9.17, 15) is 4.79 Å². The van der Waals surface area contributed by atoms with Gasteiger partial charge in [0.1, 0.15) is 17.3 Å². The quantitative estimate of drug-likeness (QED) is 0.731. The molecule has 0 aliphatic carbocycles. The molecule has 2 aromatic heterocycles. The zero-order valence-corrected chi connectivity index (χ0v) is 16.6. The Morgan fingerprint density at radius 1 is 1.18 bits per heavy atom. The van der Waals surface area contributed by atoms with Crippen LogP contribution in [0.15, 0.2) is 35.7 Å². The molecule has 1 fully saturated rings. The molecule has 2 amide bonds. The Balaban J connectivity index is 1.80. The SMILES string of the molecule is COCc1nc(N2CCCN(C(N)=O)CC2)c2c(-c3ccccc3)csc2n1. The number of hydrogen-bond acceptors (Lipinski definition) is 6. The van der Waals surface area contributed by atoms with Crippen LogP contribution in [0.3, 0.4) is 0 Å². The molecule has 1 aliphatic rings. The van der Waals surface area contributed by atoms with Crippen molar-refractivity contribution < 1.29 is 9.53 Å². The van der Waals surface area contributed by atoms with Gasteiger partial charge in [-0.25, -0.2) is 14.8 Å². The van der Waals surface area contributed by atoms with Crippen molar-refractivity contribution >= 4 is 33.4 Å². The number of primary amides is 1. The van der Waals surface area contributed by atoms with Crippen molar-refractivity contribution in [3.63, 3.8) is 0 Å². The lowest BCUT2D eigenvalue weighted by Gasteiger charge is -2.23. The number of nitrogens with zero attached hydrogens (tertiary/aromatic N) is 4. The second-order valence-electron chi connectivity index (χ2n) is 6.76. The maximum Gasteiger partial charge on any atom is 0.314 e. The molecule has 3 heterocycles. The van der Waals surface area contributed by atoms with Crippen LogP contribution in [0.25, 0.3) is 21.3 Å². The summed E-state index contributed by atoms with van der Waals surface area (Å²) >= 11 is 1.62. The molecule has 3 aromatic rings. The minimum Gasteiger partial charge on any atom is -0.377 e. The van der Waals surface area contributed by atoms with Gasteiger partial charge in [-0.1, -0.05) is 30.3 Å². The van der Waals surface area contributed by atoms with Crippen molar-refractivity contribution in [3.05, 3.63) is 41.5 Å². The minimum absolute atomic E-state index is 0.364. The van der Waals surface area contributed by atoms with Gasteiger partial charge in [-0.15, -0.1) is 11.3 Å². The van der Waals surface area contributed by atoms with Crippen molar-refractivity contribution in [2.45, 2.75) is 13.0 Å². The van der Waals surface area contributed by atoms with E-state index < -0.39 is 0 Å². The van der Waals surface area contributed by atoms with E-state index in [0.717, 1.165) is 40.1 Å². The molecule has 1 aliphatic heterocycles. The number of carbonyl (C=O) groups is 1. The molecular formula is C20H23N5O2S. The Morgan fingerprint density at radius 2 is 2.00 bits per heavy atom. The Labute approximate surface area is 167 Å². The molecule has 1 aromatic carbocycles. The van der Waals surface area contributed by atoms with Crippen molar-refractivity contribution in [2.75, 3.05) is 38.2 Å². The molecule has 2 N–H and O–H groups in total. The fourth-order valence-corrected chi connectivity index (χ4v) is 4.53. The van der Waals surface area contributed by atoms with Crippen LogP contribution in [-0.2, 0) is 11.3 Å². The lowest BCUT2D eigenvalue weighted by molar-refractivity contribution is 0.178. The monoisotopic (exact) mass is 397 g/mol. The van der Waals surface area contributed by atoms with Crippen LogP contribution >= 0.6 is 11.3 Å². The lowest BCUT2D eigenvalue weighted by Crippen LogP contribution is -2.38. The van der Waals surface area contributed by atoms with Gasteiger partial charge in [0.05, 0.1) is 5.39 Å². The van der Waals surface area contributed by atoms with E-state index >= 15 is 0 Å². The molecule has 1 saturated heterocycles. The summed E-state index contributed by atoms with van der Waals surface area (Å²) in [6, 6.07) is 9.93. The van der Waals surface area contributed by atoms with Crippen LogP contribution in [0.1, 0.15) is 12.2 Å². The van der Waals surface area contributed by atoms with E-state index in [2.05, 4.69) is 22.4 Å². The number of nitrogens with two attached hydrogens (primary N) is 1. The summed E-state index contributed by atoms with van der Waals surface area (Å²) in [4.78, 5) is 26.0. The largest absolute Gasteiger partial charge is 0.377 e. The van der Waals surface area contributed by atoms with Crippen molar-refractivity contribution in [1.82, 2.24) is 14.9 Å². The molecule has 146 valence electrons. The standard InChI is InChI=1S/C20H23N5O2S/c1-27-12-16-22-18(24-8-5-9-25(11-10-24)20(21)26)17-15(13-28-19(17)23-16)14-6-3-2-4-7-14/h2-4,6-7,13H,5,8-12H2,1H3,(H2,21,26). The summed E-state index contributed by atoms with van der Waals surface area (Å²) in [5, 5.41) is 3.20. The average Bonchev–Trinajstić information content (AvgIpc) is 2.96. The van der Waals surface area contributed by atoms with Crippen molar-refractivity contribution in [3.8, 4) is 11.1 Å². The summed E-state index contributed by atoms with van der Waals surface area (Å²) in [6.45, 7) is 3.12. The summed E-state index contributed by atoms with van der Waals surface area (Å²) in [5.74, 6) is 1.57. The summed E-state index contributed by atoms with van der Waals surface area (Å²) in [6.07, 6.45) is 0.846. The van der Waals surface area contributed by atoms with Gasteiger partial charge in [-0.2, -0.15) is 0 Å². The summed E-state index contributed by atoms with van der Waals surface area (Å²) in [5.41, 5.74) is 7.77. The predicted octanol–water partition coefficient (Wildman–Crippen LogP) is 3.10. The molecule has 0 bridgehead atoms. The van der Waals surface area contributed by atoms with Gasteiger partial charge in [0.25, 0.3) is 0 Å². The van der Waals surface area contributed by atoms with E-state index in [4.69, 9.17) is 20.4 Å². The molecule has 0 radical (unpaired) electrons. The number of aromatic nitrogens is 2. The van der Waals surface area contributed by atoms with E-state index in [-0.39, 0.29) is 6.03 Å². The number of anilines is 1. The second kappa shape index (κ2) is 8.12. The van der Waals surface area contributed by atoms with Crippen LogP contribution in [0.5, 0.6) is 0 Å². The molecule has 8 heteroatoms. The molecule has 28 heavy (non-hydrogen) atoms. The van der Waals surface area contributed by atoms with Gasteiger partial charge in [0.2, 0.25) is 0 Å². The zero-order valence-electron chi connectivity index (χ0n) is 15.8. The maximum atomic E-state index is 11.6. The number of rotatable bonds is 4. The van der Waals surface area contributed by atoms with Gasteiger partial charge in [-0.3, -0.25) is 0 Å². The van der Waals surface area contributed by atoms with Crippen molar-refractivity contribution in [1.29, 1.82) is 0 Å². The molecule has 0 unspecified atom stereocenters. The molecular weight excluding hydrogens is 374 g/mol. The van der Waals surface area contributed by atoms with Gasteiger partial charge in [0, 0.05) is 44.2 Å². The molecule has 4 rings (SSSR count). The van der Waals surface area contributed by atoms with Gasteiger partial charge < -0.3 is 20.3 Å². The molecule has 7 nitrogen and oxygen atoms in total. The number of benzene rings is 1. The minimum atomic E-state index is -0.365. The molecule has 0 atom stereocenters. The fourth-order valence-electron chi connectivity index (χ4n) is 3.57. The van der Waals surface area contributed by atoms with E-state index in [1.807, 2.05) is 18.2 Å². The van der Waals surface area contributed by atoms with Crippen LogP contribution in [0.2, 0.25) is 0 Å². The fraction of sp³-hybridized carbons (Fsp3) is 0.350. The Morgan fingerprint density at radius 3 is 2.75 bits per heavy atom. The maximum absolute atomic E-state index is 11.6. The highest BCUT2D eigenvalue weighted by molar-refractivity contribution is 7.17. The smallest absolute Gasteiger partial charge is 0.314 e. The number of urea groups is 1. The molecule has 0 spiro atoms. The highest BCUT2D eigenvalue weighted by Crippen LogP contribution is 2.38. The van der Waals surface area contributed by atoms with Crippen LogP contribution in [0, 0.1) is 0 Å². The summed E-state index contributed by atoms with van der Waals surface area (Å²) < 4.78 is 5.28. The zero-order chi connectivity index (χ0) is 19.5. The normalized spacial score (nSPS) is 15.0. The average molecular weight is 398 g/mol. The van der Waals surface area contributed by atoms with Gasteiger partial charge >= 0.3 is 6.03 Å². The number of ether oxygens (including phenoxy) is 1.